The Morgan fingerprint density at radius 1 is 1.53 bits per heavy atom. The molecule has 1 aliphatic heterocycles. The first kappa shape index (κ1) is 12.7. The standard InChI is InChI=1S/C12H16N4O2S/c1-12(2)7-16(5-8(6-17)18-12)11-10-9(3-4-13-11)14-19-15-10/h3-4,8,17H,5-7H2,1-2H3. The fraction of sp³-hybridized carbons (Fsp3) is 0.583. The third-order valence-electron chi connectivity index (χ3n) is 3.14. The Kier molecular flexibility index (Phi) is 3.12. The molecule has 3 heterocycles. The van der Waals surface area contributed by atoms with Crippen LogP contribution in [0.15, 0.2) is 12.3 Å². The number of nitrogens with zero attached hydrogens (tertiary/aromatic N) is 4. The molecule has 3 rings (SSSR count). The topological polar surface area (TPSA) is 71.4 Å². The van der Waals surface area contributed by atoms with Crippen LogP contribution in [0.25, 0.3) is 11.0 Å². The minimum Gasteiger partial charge on any atom is -0.394 e. The molecule has 1 aliphatic rings. The van der Waals surface area contributed by atoms with Gasteiger partial charge in [0, 0.05) is 19.3 Å². The molecule has 0 amide bonds. The number of aromatic nitrogens is 3. The zero-order chi connectivity index (χ0) is 13.5. The predicted octanol–water partition coefficient (Wildman–Crippen LogP) is 1.06. The molecule has 7 heteroatoms. The van der Waals surface area contributed by atoms with Crippen LogP contribution in [-0.4, -0.2) is 50.2 Å². The van der Waals surface area contributed by atoms with E-state index in [9.17, 15) is 5.11 Å². The van der Waals surface area contributed by atoms with Crippen molar-refractivity contribution in [1.29, 1.82) is 0 Å². The van der Waals surface area contributed by atoms with E-state index in [1.54, 1.807) is 6.20 Å². The molecule has 2 aromatic heterocycles. The molecule has 1 N–H and O–H groups in total. The van der Waals surface area contributed by atoms with Gasteiger partial charge >= 0.3 is 0 Å². The highest BCUT2D eigenvalue weighted by Crippen LogP contribution is 2.28. The lowest BCUT2D eigenvalue weighted by atomic mass is 10.1. The summed E-state index contributed by atoms with van der Waals surface area (Å²) in [6, 6.07) is 1.86. The summed E-state index contributed by atoms with van der Waals surface area (Å²) in [6.07, 6.45) is 1.54. The van der Waals surface area contributed by atoms with E-state index in [0.717, 1.165) is 16.9 Å². The Bertz CT molecular complexity index is 586. The molecule has 102 valence electrons. The lowest BCUT2D eigenvalue weighted by Crippen LogP contribution is -2.54. The van der Waals surface area contributed by atoms with Gasteiger partial charge in [-0.25, -0.2) is 4.98 Å². The summed E-state index contributed by atoms with van der Waals surface area (Å²) >= 11 is 1.19. The quantitative estimate of drug-likeness (QED) is 0.887. The van der Waals surface area contributed by atoms with Gasteiger partial charge in [-0.2, -0.15) is 8.75 Å². The van der Waals surface area contributed by atoms with Crippen LogP contribution in [0.4, 0.5) is 5.82 Å². The van der Waals surface area contributed by atoms with E-state index in [1.807, 2.05) is 19.9 Å². The Balaban J connectivity index is 1.98. The number of aliphatic hydroxyl groups excluding tert-OH is 1. The molecule has 0 spiro atoms. The Morgan fingerprint density at radius 2 is 2.37 bits per heavy atom. The maximum absolute atomic E-state index is 9.36. The van der Waals surface area contributed by atoms with E-state index in [2.05, 4.69) is 18.6 Å². The number of morpholine rings is 1. The molecule has 2 aromatic rings. The maximum Gasteiger partial charge on any atom is 0.158 e. The van der Waals surface area contributed by atoms with Crippen molar-refractivity contribution in [3.8, 4) is 0 Å². The number of hydrogen-bond donors (Lipinski definition) is 1. The number of hydrogen-bond acceptors (Lipinski definition) is 7. The van der Waals surface area contributed by atoms with Crippen LogP contribution in [0.2, 0.25) is 0 Å². The zero-order valence-corrected chi connectivity index (χ0v) is 11.7. The van der Waals surface area contributed by atoms with E-state index in [-0.39, 0.29) is 18.3 Å². The average molecular weight is 280 g/mol. The molecule has 0 aliphatic carbocycles. The second kappa shape index (κ2) is 4.66. The number of aliphatic hydroxyl groups is 1. The second-order valence-corrected chi connectivity index (χ2v) is 5.86. The van der Waals surface area contributed by atoms with Crippen LogP contribution < -0.4 is 4.90 Å². The van der Waals surface area contributed by atoms with Crippen molar-refractivity contribution in [2.45, 2.75) is 25.6 Å². The molecular formula is C12H16N4O2S. The second-order valence-electron chi connectivity index (χ2n) is 5.33. The van der Waals surface area contributed by atoms with Crippen LogP contribution in [0.5, 0.6) is 0 Å². The molecule has 0 bridgehead atoms. The summed E-state index contributed by atoms with van der Waals surface area (Å²) in [7, 11) is 0. The van der Waals surface area contributed by atoms with Gasteiger partial charge in [-0.1, -0.05) is 0 Å². The molecule has 19 heavy (non-hydrogen) atoms. The van der Waals surface area contributed by atoms with Crippen molar-refractivity contribution in [3.05, 3.63) is 12.3 Å². The van der Waals surface area contributed by atoms with Gasteiger partial charge in [-0.3, -0.25) is 0 Å². The van der Waals surface area contributed by atoms with Crippen molar-refractivity contribution < 1.29 is 9.84 Å². The van der Waals surface area contributed by atoms with Gasteiger partial charge in [-0.15, -0.1) is 0 Å². The number of rotatable bonds is 2. The normalized spacial score (nSPS) is 22.9. The van der Waals surface area contributed by atoms with E-state index in [1.165, 1.54) is 11.7 Å². The van der Waals surface area contributed by atoms with Gasteiger partial charge in [0.2, 0.25) is 0 Å². The smallest absolute Gasteiger partial charge is 0.158 e. The first-order valence-corrected chi connectivity index (χ1v) is 6.93. The van der Waals surface area contributed by atoms with Gasteiger partial charge in [0.05, 0.1) is 30.0 Å². The third kappa shape index (κ3) is 2.41. The monoisotopic (exact) mass is 280 g/mol. The highest BCUT2D eigenvalue weighted by Gasteiger charge is 2.34. The maximum atomic E-state index is 9.36. The third-order valence-corrected chi connectivity index (χ3v) is 3.68. The van der Waals surface area contributed by atoms with Crippen LogP contribution in [0.3, 0.4) is 0 Å². The lowest BCUT2D eigenvalue weighted by molar-refractivity contribution is -0.101. The molecule has 1 unspecified atom stereocenters. The summed E-state index contributed by atoms with van der Waals surface area (Å²) in [4.78, 5) is 6.55. The highest BCUT2D eigenvalue weighted by molar-refractivity contribution is 7.00. The van der Waals surface area contributed by atoms with Crippen molar-refractivity contribution in [1.82, 2.24) is 13.7 Å². The van der Waals surface area contributed by atoms with Gasteiger partial charge in [0.1, 0.15) is 11.0 Å². The summed E-state index contributed by atoms with van der Waals surface area (Å²) in [5.74, 6) is 0.820. The summed E-state index contributed by atoms with van der Waals surface area (Å²) in [5, 5.41) is 9.36. The summed E-state index contributed by atoms with van der Waals surface area (Å²) in [6.45, 7) is 5.37. The minimum atomic E-state index is -0.320. The molecule has 0 radical (unpaired) electrons. The largest absolute Gasteiger partial charge is 0.394 e. The molecule has 6 nitrogen and oxygen atoms in total. The van der Waals surface area contributed by atoms with Crippen molar-refractivity contribution >= 4 is 28.6 Å². The van der Waals surface area contributed by atoms with Gasteiger partial charge in [-0.05, 0) is 19.9 Å². The molecule has 0 aromatic carbocycles. The first-order chi connectivity index (χ1) is 9.09. The van der Waals surface area contributed by atoms with E-state index < -0.39 is 0 Å². The van der Waals surface area contributed by atoms with Crippen molar-refractivity contribution in [2.24, 2.45) is 0 Å². The molecule has 1 atom stereocenters. The van der Waals surface area contributed by atoms with Crippen molar-refractivity contribution in [3.63, 3.8) is 0 Å². The first-order valence-electron chi connectivity index (χ1n) is 6.20. The number of fused-ring (bicyclic) bond motifs is 1. The van der Waals surface area contributed by atoms with E-state index in [0.29, 0.717) is 13.1 Å². The number of ether oxygens (including phenoxy) is 1. The summed E-state index contributed by atoms with van der Waals surface area (Å²) in [5.41, 5.74) is 1.36. The molecule has 1 fully saturated rings. The molecule has 1 saturated heterocycles. The van der Waals surface area contributed by atoms with E-state index >= 15 is 0 Å². The Labute approximate surface area is 115 Å². The van der Waals surface area contributed by atoms with Crippen LogP contribution in [0.1, 0.15) is 13.8 Å². The van der Waals surface area contributed by atoms with E-state index in [4.69, 9.17) is 4.74 Å². The Hall–Kier alpha value is -1.31. The SMILES string of the molecule is CC1(C)CN(c2nccc3nsnc23)CC(CO)O1. The van der Waals surface area contributed by atoms with Crippen LogP contribution in [-0.2, 0) is 4.74 Å². The number of pyridine rings is 1. The Morgan fingerprint density at radius 3 is 3.16 bits per heavy atom. The van der Waals surface area contributed by atoms with Crippen LogP contribution in [0, 0.1) is 0 Å². The minimum absolute atomic E-state index is 0.00518. The highest BCUT2D eigenvalue weighted by atomic mass is 32.1. The van der Waals surface area contributed by atoms with Crippen molar-refractivity contribution in [2.75, 3.05) is 24.6 Å². The van der Waals surface area contributed by atoms with Gasteiger partial charge in [0.25, 0.3) is 0 Å². The zero-order valence-electron chi connectivity index (χ0n) is 10.9. The fourth-order valence-corrected chi connectivity index (χ4v) is 3.02. The van der Waals surface area contributed by atoms with Crippen LogP contribution >= 0.6 is 11.7 Å². The summed E-state index contributed by atoms with van der Waals surface area (Å²) < 4.78 is 14.4. The number of anilines is 1. The van der Waals surface area contributed by atoms with Gasteiger partial charge < -0.3 is 14.7 Å². The molecule has 0 saturated carbocycles. The lowest BCUT2D eigenvalue weighted by Gasteiger charge is -2.42. The van der Waals surface area contributed by atoms with Gasteiger partial charge in [0.15, 0.2) is 5.82 Å². The average Bonchev–Trinajstić information content (AvgIpc) is 2.84. The predicted molar refractivity (Wildman–Crippen MR) is 73.5 cm³/mol. The molecular weight excluding hydrogens is 264 g/mol. The fourth-order valence-electron chi connectivity index (χ4n) is 2.48.